The lowest BCUT2D eigenvalue weighted by atomic mass is 10.1. The van der Waals surface area contributed by atoms with E-state index in [-0.39, 0.29) is 11.6 Å². The number of aromatic carboxylic acids is 1. The number of carbonyl (C=O) groups is 2. The van der Waals surface area contributed by atoms with E-state index in [4.69, 9.17) is 5.11 Å². The molecule has 2 N–H and O–H groups in total. The predicted octanol–water partition coefficient (Wildman–Crippen LogP) is 1.89. The monoisotopic (exact) mass is 256 g/mol. The average Bonchev–Trinajstić information content (AvgIpc) is 2.75. The van der Waals surface area contributed by atoms with Gasteiger partial charge in [0.15, 0.2) is 5.69 Å². The van der Waals surface area contributed by atoms with E-state index in [2.05, 4.69) is 10.3 Å². The highest BCUT2D eigenvalue weighted by Gasteiger charge is 2.10. The van der Waals surface area contributed by atoms with Gasteiger partial charge in [0.1, 0.15) is 5.01 Å². The van der Waals surface area contributed by atoms with Gasteiger partial charge in [0.25, 0.3) is 0 Å². The maximum atomic E-state index is 11.5. The molecule has 1 heterocycles. The van der Waals surface area contributed by atoms with Crippen LogP contribution in [-0.4, -0.2) is 22.0 Å². The minimum Gasteiger partial charge on any atom is -0.476 e. The molecule has 0 aliphatic rings. The quantitative estimate of drug-likeness (QED) is 0.814. The summed E-state index contributed by atoms with van der Waals surface area (Å²) in [6.07, 6.45) is 1.46. The van der Waals surface area contributed by atoms with E-state index in [1.807, 2.05) is 13.8 Å². The van der Waals surface area contributed by atoms with E-state index in [0.717, 1.165) is 6.42 Å². The van der Waals surface area contributed by atoms with Crippen LogP contribution >= 0.6 is 11.3 Å². The average molecular weight is 256 g/mol. The summed E-state index contributed by atoms with van der Waals surface area (Å²) in [5.74, 6) is -0.703. The van der Waals surface area contributed by atoms with E-state index >= 15 is 0 Å². The SMILES string of the molecule is CCC(C)CC(=O)NCc1nc(C(=O)O)cs1. The molecular formula is C11H16N2O3S. The zero-order valence-electron chi connectivity index (χ0n) is 9.90. The zero-order valence-corrected chi connectivity index (χ0v) is 10.7. The van der Waals surface area contributed by atoms with Gasteiger partial charge in [-0.1, -0.05) is 20.3 Å². The Morgan fingerprint density at radius 1 is 1.59 bits per heavy atom. The molecular weight excluding hydrogens is 240 g/mol. The van der Waals surface area contributed by atoms with Crippen LogP contribution in [-0.2, 0) is 11.3 Å². The van der Waals surface area contributed by atoms with Crippen molar-refractivity contribution in [1.82, 2.24) is 10.3 Å². The van der Waals surface area contributed by atoms with Crippen LogP contribution in [0.2, 0.25) is 0 Å². The van der Waals surface area contributed by atoms with Gasteiger partial charge in [-0.3, -0.25) is 4.79 Å². The van der Waals surface area contributed by atoms with Crippen LogP contribution in [0.1, 0.15) is 42.2 Å². The molecule has 0 radical (unpaired) electrons. The van der Waals surface area contributed by atoms with Crippen LogP contribution in [0.25, 0.3) is 0 Å². The molecule has 0 aromatic carbocycles. The summed E-state index contributed by atoms with van der Waals surface area (Å²) in [5.41, 5.74) is 0.0289. The minimum atomic E-state index is -1.04. The van der Waals surface area contributed by atoms with Crippen LogP contribution in [0.4, 0.5) is 0 Å². The molecule has 0 bridgehead atoms. The maximum Gasteiger partial charge on any atom is 0.355 e. The lowest BCUT2D eigenvalue weighted by molar-refractivity contribution is -0.122. The van der Waals surface area contributed by atoms with E-state index in [0.29, 0.717) is 23.9 Å². The van der Waals surface area contributed by atoms with Crippen LogP contribution in [0.5, 0.6) is 0 Å². The van der Waals surface area contributed by atoms with Crippen molar-refractivity contribution < 1.29 is 14.7 Å². The van der Waals surface area contributed by atoms with Gasteiger partial charge in [0.2, 0.25) is 5.91 Å². The summed E-state index contributed by atoms with van der Waals surface area (Å²) in [6, 6.07) is 0. The highest BCUT2D eigenvalue weighted by atomic mass is 32.1. The summed E-state index contributed by atoms with van der Waals surface area (Å²) in [5, 5.41) is 13.5. The Balaban J connectivity index is 2.39. The smallest absolute Gasteiger partial charge is 0.355 e. The first kappa shape index (κ1) is 13.6. The number of nitrogens with zero attached hydrogens (tertiary/aromatic N) is 1. The van der Waals surface area contributed by atoms with Crippen molar-refractivity contribution in [3.05, 3.63) is 16.1 Å². The van der Waals surface area contributed by atoms with E-state index in [9.17, 15) is 9.59 Å². The molecule has 0 aliphatic carbocycles. The van der Waals surface area contributed by atoms with Crippen molar-refractivity contribution in [2.45, 2.75) is 33.2 Å². The highest BCUT2D eigenvalue weighted by molar-refractivity contribution is 7.09. The van der Waals surface area contributed by atoms with Gasteiger partial charge >= 0.3 is 5.97 Å². The Hall–Kier alpha value is -1.43. The number of carboxylic acids is 1. The van der Waals surface area contributed by atoms with Gasteiger partial charge in [-0.2, -0.15) is 0 Å². The van der Waals surface area contributed by atoms with Crippen LogP contribution in [0.15, 0.2) is 5.38 Å². The van der Waals surface area contributed by atoms with Crippen LogP contribution < -0.4 is 5.32 Å². The van der Waals surface area contributed by atoms with E-state index in [1.54, 1.807) is 0 Å². The summed E-state index contributed by atoms with van der Waals surface area (Å²) in [6.45, 7) is 4.36. The molecule has 5 nitrogen and oxygen atoms in total. The zero-order chi connectivity index (χ0) is 12.8. The fraction of sp³-hybridized carbons (Fsp3) is 0.545. The molecule has 0 saturated heterocycles. The molecule has 0 spiro atoms. The van der Waals surface area contributed by atoms with Crippen molar-refractivity contribution in [2.24, 2.45) is 5.92 Å². The van der Waals surface area contributed by atoms with E-state index in [1.165, 1.54) is 16.7 Å². The van der Waals surface area contributed by atoms with Crippen molar-refractivity contribution in [1.29, 1.82) is 0 Å². The molecule has 17 heavy (non-hydrogen) atoms. The van der Waals surface area contributed by atoms with E-state index < -0.39 is 5.97 Å². The van der Waals surface area contributed by atoms with Crippen molar-refractivity contribution >= 4 is 23.2 Å². The molecule has 1 amide bonds. The number of carboxylic acid groups (broad SMARTS) is 1. The molecule has 0 fully saturated rings. The second-order valence-corrected chi connectivity index (χ2v) is 4.87. The van der Waals surface area contributed by atoms with Gasteiger partial charge < -0.3 is 10.4 Å². The normalized spacial score (nSPS) is 12.1. The maximum absolute atomic E-state index is 11.5. The molecule has 1 aromatic rings. The Labute approximate surface area is 104 Å². The van der Waals surface area contributed by atoms with Gasteiger partial charge in [-0.05, 0) is 5.92 Å². The van der Waals surface area contributed by atoms with Crippen LogP contribution in [0, 0.1) is 5.92 Å². The number of hydrogen-bond donors (Lipinski definition) is 2. The first-order chi connectivity index (χ1) is 8.02. The largest absolute Gasteiger partial charge is 0.476 e. The van der Waals surface area contributed by atoms with Gasteiger partial charge in [-0.15, -0.1) is 11.3 Å². The summed E-state index contributed by atoms with van der Waals surface area (Å²) < 4.78 is 0. The second-order valence-electron chi connectivity index (χ2n) is 3.93. The predicted molar refractivity (Wildman–Crippen MR) is 65.0 cm³/mol. The molecule has 0 aliphatic heterocycles. The van der Waals surface area contributed by atoms with Gasteiger partial charge in [0, 0.05) is 11.8 Å². The molecule has 1 unspecified atom stereocenters. The third kappa shape index (κ3) is 4.52. The van der Waals surface area contributed by atoms with Crippen molar-refractivity contribution in [3.8, 4) is 0 Å². The highest BCUT2D eigenvalue weighted by Crippen LogP contribution is 2.10. The standard InChI is InChI=1S/C11H16N2O3S/c1-3-7(2)4-9(14)12-5-10-13-8(6-17-10)11(15)16/h6-7H,3-5H2,1-2H3,(H,12,14)(H,15,16). The van der Waals surface area contributed by atoms with Crippen LogP contribution in [0.3, 0.4) is 0 Å². The third-order valence-corrected chi connectivity index (χ3v) is 3.29. The van der Waals surface area contributed by atoms with Gasteiger partial charge in [-0.25, -0.2) is 9.78 Å². The number of amides is 1. The lowest BCUT2D eigenvalue weighted by Gasteiger charge is -2.07. The second kappa shape index (κ2) is 6.34. The first-order valence-corrected chi connectivity index (χ1v) is 6.35. The molecule has 0 saturated carbocycles. The minimum absolute atomic E-state index is 0.0218. The fourth-order valence-electron chi connectivity index (χ4n) is 1.20. The first-order valence-electron chi connectivity index (χ1n) is 5.47. The molecule has 1 rings (SSSR count). The Morgan fingerprint density at radius 2 is 2.29 bits per heavy atom. The Bertz CT molecular complexity index is 403. The summed E-state index contributed by atoms with van der Waals surface area (Å²) >= 11 is 1.24. The number of aromatic nitrogens is 1. The summed E-state index contributed by atoms with van der Waals surface area (Å²) in [4.78, 5) is 26.0. The molecule has 1 atom stereocenters. The van der Waals surface area contributed by atoms with Crippen molar-refractivity contribution in [2.75, 3.05) is 0 Å². The molecule has 94 valence electrons. The third-order valence-electron chi connectivity index (χ3n) is 2.44. The number of carbonyl (C=O) groups excluding carboxylic acids is 1. The van der Waals surface area contributed by atoms with Crippen molar-refractivity contribution in [3.63, 3.8) is 0 Å². The topological polar surface area (TPSA) is 79.3 Å². The van der Waals surface area contributed by atoms with Gasteiger partial charge in [0.05, 0.1) is 6.54 Å². The Morgan fingerprint density at radius 3 is 2.82 bits per heavy atom. The molecule has 6 heteroatoms. The number of nitrogens with one attached hydrogen (secondary N) is 1. The number of thiazole rings is 1. The fourth-order valence-corrected chi connectivity index (χ4v) is 1.91. The lowest BCUT2D eigenvalue weighted by Crippen LogP contribution is -2.24. The Kier molecular flexibility index (Phi) is 5.09. The number of hydrogen-bond acceptors (Lipinski definition) is 4. The number of rotatable bonds is 6. The molecule has 1 aromatic heterocycles. The summed E-state index contributed by atoms with van der Waals surface area (Å²) in [7, 11) is 0.